The summed E-state index contributed by atoms with van der Waals surface area (Å²) >= 11 is 0. The van der Waals surface area contributed by atoms with Crippen LogP contribution in [0.2, 0.25) is 0 Å². The van der Waals surface area contributed by atoms with Gasteiger partial charge in [-0.15, -0.1) is 10.2 Å². The minimum absolute atomic E-state index is 0.111. The van der Waals surface area contributed by atoms with Crippen LogP contribution in [0.4, 0.5) is 0 Å². The van der Waals surface area contributed by atoms with E-state index in [1.807, 2.05) is 19.9 Å². The lowest BCUT2D eigenvalue weighted by atomic mass is 10.3. The highest BCUT2D eigenvalue weighted by Crippen LogP contribution is 2.17. The maximum atomic E-state index is 12.7. The fourth-order valence-electron chi connectivity index (χ4n) is 2.93. The molecule has 9 heteroatoms. The molecule has 1 aliphatic heterocycles. The summed E-state index contributed by atoms with van der Waals surface area (Å²) in [4.78, 5) is 23.0. The van der Waals surface area contributed by atoms with Crippen LogP contribution in [-0.2, 0) is 0 Å². The Morgan fingerprint density at radius 2 is 2.20 bits per heavy atom. The molecule has 1 atom stereocenters. The molecule has 0 N–H and O–H groups in total. The number of rotatable bonds is 3. The van der Waals surface area contributed by atoms with Crippen molar-refractivity contribution in [1.29, 1.82) is 0 Å². The molecule has 1 saturated heterocycles. The summed E-state index contributed by atoms with van der Waals surface area (Å²) in [6.07, 6.45) is 2.20. The molecular weight excluding hydrogens is 322 g/mol. The number of amides is 1. The van der Waals surface area contributed by atoms with Crippen molar-refractivity contribution in [3.05, 3.63) is 41.6 Å². The first-order valence-electron chi connectivity index (χ1n) is 8.05. The van der Waals surface area contributed by atoms with Crippen molar-refractivity contribution in [2.45, 2.75) is 26.4 Å². The van der Waals surface area contributed by atoms with Crippen LogP contribution in [0.5, 0.6) is 5.88 Å². The predicted octanol–water partition coefficient (Wildman–Crippen LogP) is 0.825. The second-order valence-corrected chi connectivity index (χ2v) is 6.03. The highest BCUT2D eigenvalue weighted by Gasteiger charge is 2.30. The van der Waals surface area contributed by atoms with E-state index in [2.05, 4.69) is 25.3 Å². The number of fused-ring (bicyclic) bond motifs is 1. The average molecular weight is 339 g/mol. The molecule has 0 bridgehead atoms. The van der Waals surface area contributed by atoms with Gasteiger partial charge in [-0.25, -0.2) is 9.50 Å². The van der Waals surface area contributed by atoms with Crippen LogP contribution in [0.1, 0.15) is 28.4 Å². The molecule has 4 rings (SSSR count). The number of ether oxygens (including phenoxy) is 1. The van der Waals surface area contributed by atoms with Crippen LogP contribution in [0.25, 0.3) is 5.78 Å². The SMILES string of the molecule is Cc1cc(C)n2nc(C(=O)N3CC[C@H](Oc4cccnn4)C3)nc2n1. The van der Waals surface area contributed by atoms with E-state index >= 15 is 0 Å². The molecule has 1 amide bonds. The topological polar surface area (TPSA) is 98.4 Å². The first-order valence-corrected chi connectivity index (χ1v) is 8.05. The van der Waals surface area contributed by atoms with Gasteiger partial charge in [0, 0.05) is 36.6 Å². The molecule has 25 heavy (non-hydrogen) atoms. The van der Waals surface area contributed by atoms with Gasteiger partial charge in [0.1, 0.15) is 6.10 Å². The summed E-state index contributed by atoms with van der Waals surface area (Å²) in [5.41, 5.74) is 1.73. The monoisotopic (exact) mass is 339 g/mol. The lowest BCUT2D eigenvalue weighted by Crippen LogP contribution is -2.31. The summed E-state index contributed by atoms with van der Waals surface area (Å²) < 4.78 is 7.35. The van der Waals surface area contributed by atoms with Crippen LogP contribution >= 0.6 is 0 Å². The van der Waals surface area contributed by atoms with Gasteiger partial charge in [0.2, 0.25) is 11.7 Å². The Bertz CT molecular complexity index is 925. The number of carbonyl (C=O) groups is 1. The van der Waals surface area contributed by atoms with Gasteiger partial charge in [0.05, 0.1) is 6.54 Å². The van der Waals surface area contributed by atoms with E-state index in [1.165, 1.54) is 0 Å². The van der Waals surface area contributed by atoms with Crippen molar-refractivity contribution < 1.29 is 9.53 Å². The van der Waals surface area contributed by atoms with Gasteiger partial charge in [-0.1, -0.05) is 0 Å². The summed E-state index contributed by atoms with van der Waals surface area (Å²) in [6.45, 7) is 4.85. The second-order valence-electron chi connectivity index (χ2n) is 6.03. The lowest BCUT2D eigenvalue weighted by Gasteiger charge is -2.14. The van der Waals surface area contributed by atoms with E-state index in [-0.39, 0.29) is 17.8 Å². The predicted molar refractivity (Wildman–Crippen MR) is 87.2 cm³/mol. The number of aromatic nitrogens is 6. The van der Waals surface area contributed by atoms with Gasteiger partial charge in [-0.2, -0.15) is 10.1 Å². The molecule has 0 spiro atoms. The van der Waals surface area contributed by atoms with Crippen LogP contribution in [0.3, 0.4) is 0 Å². The van der Waals surface area contributed by atoms with Gasteiger partial charge in [-0.3, -0.25) is 4.79 Å². The Hall–Kier alpha value is -3.10. The molecule has 3 aromatic rings. The van der Waals surface area contributed by atoms with Crippen molar-refractivity contribution >= 4 is 11.7 Å². The van der Waals surface area contributed by atoms with E-state index in [4.69, 9.17) is 4.74 Å². The second kappa shape index (κ2) is 6.08. The lowest BCUT2D eigenvalue weighted by molar-refractivity contribution is 0.0759. The number of aryl methyl sites for hydroxylation is 2. The van der Waals surface area contributed by atoms with Crippen LogP contribution in [0, 0.1) is 13.8 Å². The van der Waals surface area contributed by atoms with Gasteiger partial charge < -0.3 is 9.64 Å². The smallest absolute Gasteiger partial charge is 0.293 e. The Morgan fingerprint density at radius 1 is 1.32 bits per heavy atom. The largest absolute Gasteiger partial charge is 0.471 e. The average Bonchev–Trinajstić information content (AvgIpc) is 3.22. The van der Waals surface area contributed by atoms with Crippen molar-refractivity contribution in [1.82, 2.24) is 34.7 Å². The van der Waals surface area contributed by atoms with E-state index in [0.29, 0.717) is 24.7 Å². The highest BCUT2D eigenvalue weighted by atomic mass is 16.5. The molecule has 128 valence electrons. The fourth-order valence-corrected chi connectivity index (χ4v) is 2.93. The number of nitrogens with zero attached hydrogens (tertiary/aromatic N) is 7. The molecular formula is C16H17N7O2. The van der Waals surface area contributed by atoms with Gasteiger partial charge in [-0.05, 0) is 26.0 Å². The van der Waals surface area contributed by atoms with Crippen molar-refractivity contribution in [3.8, 4) is 5.88 Å². The number of likely N-dealkylation sites (tertiary alicyclic amines) is 1. The van der Waals surface area contributed by atoms with Crippen molar-refractivity contribution in [3.63, 3.8) is 0 Å². The molecule has 0 radical (unpaired) electrons. The molecule has 0 unspecified atom stereocenters. The zero-order chi connectivity index (χ0) is 17.4. The van der Waals surface area contributed by atoms with Crippen LogP contribution in [0.15, 0.2) is 24.4 Å². The van der Waals surface area contributed by atoms with Gasteiger partial charge in [0.25, 0.3) is 11.7 Å². The summed E-state index contributed by atoms with van der Waals surface area (Å²) in [5, 5.41) is 12.0. The normalized spacial score (nSPS) is 17.2. The quantitative estimate of drug-likeness (QED) is 0.697. The Labute approximate surface area is 143 Å². The summed E-state index contributed by atoms with van der Waals surface area (Å²) in [6, 6.07) is 5.41. The highest BCUT2D eigenvalue weighted by molar-refractivity contribution is 5.91. The molecule has 3 aromatic heterocycles. The zero-order valence-corrected chi connectivity index (χ0v) is 14.0. The molecule has 0 aromatic carbocycles. The third-order valence-corrected chi connectivity index (χ3v) is 4.08. The molecule has 0 saturated carbocycles. The number of carbonyl (C=O) groups excluding carboxylic acids is 1. The molecule has 9 nitrogen and oxygen atoms in total. The van der Waals surface area contributed by atoms with Crippen molar-refractivity contribution in [2.75, 3.05) is 13.1 Å². The van der Waals surface area contributed by atoms with E-state index < -0.39 is 0 Å². The zero-order valence-electron chi connectivity index (χ0n) is 14.0. The van der Waals surface area contributed by atoms with Crippen LogP contribution in [-0.4, -0.2) is 59.8 Å². The maximum Gasteiger partial charge on any atom is 0.293 e. The minimum Gasteiger partial charge on any atom is -0.471 e. The molecule has 0 aliphatic carbocycles. The Kier molecular flexibility index (Phi) is 3.75. The Morgan fingerprint density at radius 3 is 3.00 bits per heavy atom. The maximum absolute atomic E-state index is 12.7. The van der Waals surface area contributed by atoms with E-state index in [0.717, 1.165) is 17.8 Å². The first kappa shape index (κ1) is 15.4. The number of hydrogen-bond donors (Lipinski definition) is 0. The fraction of sp³-hybridized carbons (Fsp3) is 0.375. The van der Waals surface area contributed by atoms with E-state index in [9.17, 15) is 4.79 Å². The van der Waals surface area contributed by atoms with Gasteiger partial charge in [0.15, 0.2) is 0 Å². The molecule has 4 heterocycles. The Balaban J connectivity index is 1.49. The van der Waals surface area contributed by atoms with Crippen LogP contribution < -0.4 is 4.74 Å². The van der Waals surface area contributed by atoms with Gasteiger partial charge >= 0.3 is 0 Å². The third kappa shape index (κ3) is 3.00. The number of hydrogen-bond acceptors (Lipinski definition) is 7. The standard InChI is InChI=1S/C16H17N7O2/c1-10-8-11(2)23-16(18-10)19-14(21-23)15(24)22-7-5-12(9-22)25-13-4-3-6-17-20-13/h3-4,6,8,12H,5,7,9H2,1-2H3/t12-/m0/s1. The summed E-state index contributed by atoms with van der Waals surface area (Å²) in [5.74, 6) is 0.838. The summed E-state index contributed by atoms with van der Waals surface area (Å²) in [7, 11) is 0. The van der Waals surface area contributed by atoms with E-state index in [1.54, 1.807) is 27.7 Å². The first-order chi connectivity index (χ1) is 12.1. The third-order valence-electron chi connectivity index (χ3n) is 4.08. The molecule has 1 aliphatic rings. The van der Waals surface area contributed by atoms with Crippen molar-refractivity contribution in [2.24, 2.45) is 0 Å². The molecule has 1 fully saturated rings. The minimum atomic E-state index is -0.215.